The van der Waals surface area contributed by atoms with E-state index in [-0.39, 0.29) is 11.3 Å². The molecule has 2 aromatic carbocycles. The number of hydrogen-bond donors (Lipinski definition) is 0. The molecule has 0 aliphatic heterocycles. The van der Waals surface area contributed by atoms with Gasteiger partial charge in [0.15, 0.2) is 0 Å². The molecule has 34 heavy (non-hydrogen) atoms. The third kappa shape index (κ3) is 3.63. The normalized spacial score (nSPS) is 13.9. The number of fused-ring (bicyclic) bond motifs is 2. The molecule has 0 spiro atoms. The number of ether oxygens (including phenoxy) is 1. The van der Waals surface area contributed by atoms with Crippen LogP contribution in [0.4, 0.5) is 8.78 Å². The Labute approximate surface area is 192 Å². The van der Waals surface area contributed by atoms with Crippen LogP contribution >= 0.6 is 0 Å². The maximum atomic E-state index is 13.9. The number of aryl methyl sites for hydroxylation is 1. The van der Waals surface area contributed by atoms with Crippen LogP contribution in [0.25, 0.3) is 38.8 Å². The molecular weight excluding hydrogens is 440 g/mol. The zero-order valence-corrected chi connectivity index (χ0v) is 18.4. The van der Waals surface area contributed by atoms with Crippen molar-refractivity contribution in [3.63, 3.8) is 0 Å². The molecule has 1 fully saturated rings. The third-order valence-corrected chi connectivity index (χ3v) is 6.16. The summed E-state index contributed by atoms with van der Waals surface area (Å²) in [5.41, 5.74) is 3.17. The second-order valence-corrected chi connectivity index (χ2v) is 8.70. The van der Waals surface area contributed by atoms with Gasteiger partial charge in [0, 0.05) is 36.1 Å². The quantitative estimate of drug-likeness (QED) is 0.366. The zero-order valence-electron chi connectivity index (χ0n) is 18.4. The van der Waals surface area contributed by atoms with Crippen LogP contribution in [0.1, 0.15) is 12.8 Å². The summed E-state index contributed by atoms with van der Waals surface area (Å²) in [4.78, 5) is 13.9. The Morgan fingerprint density at radius 2 is 1.88 bits per heavy atom. The van der Waals surface area contributed by atoms with Crippen molar-refractivity contribution in [1.29, 1.82) is 0 Å². The SMILES string of the molecule is Cn1cc2cc(-c3cc4cnn(CC5CC5)c4n(-c4ccc(OC(F)F)cc4)c3=O)ccc2n1. The highest BCUT2D eigenvalue weighted by Crippen LogP contribution is 2.32. The van der Waals surface area contributed by atoms with Gasteiger partial charge in [-0.3, -0.25) is 14.0 Å². The first-order valence-electron chi connectivity index (χ1n) is 11.1. The average Bonchev–Trinajstić information content (AvgIpc) is 3.42. The number of nitrogens with zero attached hydrogens (tertiary/aromatic N) is 5. The van der Waals surface area contributed by atoms with Gasteiger partial charge in [-0.1, -0.05) is 6.07 Å². The summed E-state index contributed by atoms with van der Waals surface area (Å²) in [5, 5.41) is 10.7. The first-order chi connectivity index (χ1) is 16.5. The van der Waals surface area contributed by atoms with Gasteiger partial charge in [-0.15, -0.1) is 0 Å². The van der Waals surface area contributed by atoms with E-state index in [0.717, 1.165) is 41.2 Å². The van der Waals surface area contributed by atoms with Gasteiger partial charge >= 0.3 is 6.61 Å². The standard InChI is InChI=1S/C25H21F2N5O2/c1-30-14-18-10-16(4-9-22(18)29-30)21-11-17-12-28-31(13-15-2-3-15)23(17)32(24(21)33)19-5-7-20(8-6-19)34-25(26)27/h4-12,14-15,25H,2-3,13H2,1H3. The van der Waals surface area contributed by atoms with Gasteiger partial charge in [0.1, 0.15) is 11.4 Å². The van der Waals surface area contributed by atoms with Crippen LogP contribution < -0.4 is 10.3 Å². The monoisotopic (exact) mass is 461 g/mol. The first kappa shape index (κ1) is 20.6. The molecule has 0 bridgehead atoms. The van der Waals surface area contributed by atoms with Gasteiger partial charge in [0.2, 0.25) is 0 Å². The van der Waals surface area contributed by atoms with Gasteiger partial charge in [-0.05, 0) is 66.8 Å². The molecule has 7 nitrogen and oxygen atoms in total. The molecule has 0 N–H and O–H groups in total. The van der Waals surface area contributed by atoms with E-state index >= 15 is 0 Å². The fourth-order valence-electron chi connectivity index (χ4n) is 4.39. The minimum atomic E-state index is -2.91. The molecule has 1 saturated carbocycles. The van der Waals surface area contributed by atoms with E-state index in [1.54, 1.807) is 27.6 Å². The van der Waals surface area contributed by atoms with Gasteiger partial charge < -0.3 is 4.74 Å². The van der Waals surface area contributed by atoms with E-state index in [9.17, 15) is 13.6 Å². The van der Waals surface area contributed by atoms with Crippen LogP contribution in [0, 0.1) is 5.92 Å². The molecule has 172 valence electrons. The minimum Gasteiger partial charge on any atom is -0.435 e. The van der Waals surface area contributed by atoms with Crippen LogP contribution in [-0.2, 0) is 13.6 Å². The lowest BCUT2D eigenvalue weighted by Gasteiger charge is -2.14. The summed E-state index contributed by atoms with van der Waals surface area (Å²) < 4.78 is 34.9. The maximum absolute atomic E-state index is 13.9. The Morgan fingerprint density at radius 3 is 2.62 bits per heavy atom. The topological polar surface area (TPSA) is 66.9 Å². The highest BCUT2D eigenvalue weighted by Gasteiger charge is 2.25. The summed E-state index contributed by atoms with van der Waals surface area (Å²) in [6.45, 7) is -2.18. The van der Waals surface area contributed by atoms with Crippen LogP contribution in [0.15, 0.2) is 65.7 Å². The van der Waals surface area contributed by atoms with Gasteiger partial charge in [-0.25, -0.2) is 4.68 Å². The van der Waals surface area contributed by atoms with Gasteiger partial charge in [-0.2, -0.15) is 19.0 Å². The molecule has 5 aromatic rings. The zero-order chi connectivity index (χ0) is 23.4. The number of pyridine rings is 1. The Bertz CT molecular complexity index is 1580. The lowest BCUT2D eigenvalue weighted by Crippen LogP contribution is -2.22. The average molecular weight is 461 g/mol. The number of halogens is 2. The minimum absolute atomic E-state index is 0.0349. The van der Waals surface area contributed by atoms with Crippen molar-refractivity contribution >= 4 is 21.9 Å². The largest absolute Gasteiger partial charge is 0.435 e. The summed E-state index contributed by atoms with van der Waals surface area (Å²) >= 11 is 0. The first-order valence-corrected chi connectivity index (χ1v) is 11.1. The second kappa shape index (κ2) is 7.79. The van der Waals surface area contributed by atoms with E-state index in [1.807, 2.05) is 42.2 Å². The lowest BCUT2D eigenvalue weighted by atomic mass is 10.0. The predicted molar refractivity (Wildman–Crippen MR) is 124 cm³/mol. The Kier molecular flexibility index (Phi) is 4.72. The number of rotatable bonds is 6. The van der Waals surface area contributed by atoms with E-state index in [0.29, 0.717) is 22.8 Å². The van der Waals surface area contributed by atoms with Crippen molar-refractivity contribution in [3.8, 4) is 22.6 Å². The van der Waals surface area contributed by atoms with E-state index < -0.39 is 6.61 Å². The summed E-state index contributed by atoms with van der Waals surface area (Å²) in [6.07, 6.45) is 5.97. The smallest absolute Gasteiger partial charge is 0.387 e. The van der Waals surface area contributed by atoms with Crippen molar-refractivity contribution < 1.29 is 13.5 Å². The van der Waals surface area contributed by atoms with Crippen molar-refractivity contribution in [2.24, 2.45) is 13.0 Å². The van der Waals surface area contributed by atoms with Crippen molar-refractivity contribution in [3.05, 3.63) is 71.3 Å². The van der Waals surface area contributed by atoms with Crippen LogP contribution in [-0.4, -0.2) is 30.7 Å². The molecule has 0 unspecified atom stereocenters. The molecule has 6 rings (SSSR count). The molecule has 1 aliphatic carbocycles. The van der Waals surface area contributed by atoms with E-state index in [1.165, 1.54) is 12.1 Å². The number of aromatic nitrogens is 5. The predicted octanol–water partition coefficient (Wildman–Crippen LogP) is 4.75. The Morgan fingerprint density at radius 1 is 1.09 bits per heavy atom. The van der Waals surface area contributed by atoms with Gasteiger partial charge in [0.25, 0.3) is 5.56 Å². The number of benzene rings is 2. The Balaban J connectivity index is 1.56. The lowest BCUT2D eigenvalue weighted by molar-refractivity contribution is -0.0498. The molecule has 3 heterocycles. The van der Waals surface area contributed by atoms with Crippen molar-refractivity contribution in [1.82, 2.24) is 24.1 Å². The number of hydrogen-bond acceptors (Lipinski definition) is 4. The maximum Gasteiger partial charge on any atom is 0.387 e. The van der Waals surface area contributed by atoms with Crippen LogP contribution in [0.2, 0.25) is 0 Å². The molecule has 0 atom stereocenters. The number of alkyl halides is 2. The second-order valence-electron chi connectivity index (χ2n) is 8.70. The van der Waals surface area contributed by atoms with Crippen molar-refractivity contribution in [2.75, 3.05) is 0 Å². The third-order valence-electron chi connectivity index (χ3n) is 6.16. The van der Waals surface area contributed by atoms with E-state index in [2.05, 4.69) is 14.9 Å². The Hall–Kier alpha value is -4.01. The summed E-state index contributed by atoms with van der Waals surface area (Å²) in [5.74, 6) is 0.592. The molecule has 9 heteroatoms. The summed E-state index contributed by atoms with van der Waals surface area (Å²) in [7, 11) is 1.86. The fourth-order valence-corrected chi connectivity index (χ4v) is 4.39. The van der Waals surface area contributed by atoms with Crippen LogP contribution in [0.3, 0.4) is 0 Å². The highest BCUT2D eigenvalue weighted by atomic mass is 19.3. The molecule has 1 aliphatic rings. The van der Waals surface area contributed by atoms with Crippen LogP contribution in [0.5, 0.6) is 5.75 Å². The fraction of sp³-hybridized carbons (Fsp3) is 0.240. The molecule has 3 aromatic heterocycles. The molecule has 0 amide bonds. The molecule has 0 radical (unpaired) electrons. The van der Waals surface area contributed by atoms with E-state index in [4.69, 9.17) is 0 Å². The van der Waals surface area contributed by atoms with Gasteiger partial charge in [0.05, 0.1) is 17.4 Å². The van der Waals surface area contributed by atoms with Crippen molar-refractivity contribution in [2.45, 2.75) is 26.0 Å². The molecular formula is C25H21F2N5O2. The molecule has 0 saturated heterocycles. The summed E-state index contributed by atoms with van der Waals surface area (Å²) in [6, 6.07) is 13.7. The highest BCUT2D eigenvalue weighted by molar-refractivity contribution is 5.87.